The summed E-state index contributed by atoms with van der Waals surface area (Å²) in [6, 6.07) is 5.71. The van der Waals surface area contributed by atoms with Crippen molar-refractivity contribution in [2.24, 2.45) is 0 Å². The lowest BCUT2D eigenvalue weighted by atomic mass is 9.96. The molecule has 0 bridgehead atoms. The van der Waals surface area contributed by atoms with Gasteiger partial charge in [-0.1, -0.05) is 11.3 Å². The van der Waals surface area contributed by atoms with Gasteiger partial charge in [-0.2, -0.15) is 9.61 Å². The van der Waals surface area contributed by atoms with Crippen molar-refractivity contribution in [1.29, 1.82) is 0 Å². The summed E-state index contributed by atoms with van der Waals surface area (Å²) in [5.74, 6) is 2.00. The monoisotopic (exact) mass is 367 g/mol. The molecule has 10 heteroatoms. The molecule has 1 fully saturated rings. The van der Waals surface area contributed by atoms with Gasteiger partial charge in [-0.15, -0.1) is 25.5 Å². The summed E-state index contributed by atoms with van der Waals surface area (Å²) in [6.45, 7) is 3.86. The zero-order valence-electron chi connectivity index (χ0n) is 14.2. The number of aryl methyl sites for hydroxylation is 1. The van der Waals surface area contributed by atoms with Crippen molar-refractivity contribution in [2.75, 3.05) is 18.0 Å². The molecule has 0 saturated carbocycles. The molecular formula is C16H17N9S. The molecule has 4 aromatic rings. The van der Waals surface area contributed by atoms with Gasteiger partial charge in [0.25, 0.3) is 0 Å². The van der Waals surface area contributed by atoms with Gasteiger partial charge in [0.15, 0.2) is 17.3 Å². The maximum absolute atomic E-state index is 4.69. The second-order valence-electron chi connectivity index (χ2n) is 6.34. The molecule has 0 aliphatic carbocycles. The second kappa shape index (κ2) is 6.13. The third kappa shape index (κ3) is 2.62. The Balaban J connectivity index is 1.40. The van der Waals surface area contributed by atoms with Crippen molar-refractivity contribution in [2.45, 2.75) is 25.7 Å². The van der Waals surface area contributed by atoms with Crippen molar-refractivity contribution in [3.05, 3.63) is 41.4 Å². The number of piperidine rings is 1. The molecule has 1 aliphatic rings. The minimum absolute atomic E-state index is 0.329. The SMILES string of the molecule is Cc1nnc(N2CCC(c3nnc4ccc(-n5cccn5)nn34)CC2)s1. The van der Waals surface area contributed by atoms with Gasteiger partial charge in [0.05, 0.1) is 0 Å². The van der Waals surface area contributed by atoms with Gasteiger partial charge in [0.2, 0.25) is 5.13 Å². The highest BCUT2D eigenvalue weighted by atomic mass is 32.1. The predicted molar refractivity (Wildman–Crippen MR) is 96.7 cm³/mol. The van der Waals surface area contributed by atoms with Crippen LogP contribution in [0.1, 0.15) is 29.6 Å². The van der Waals surface area contributed by atoms with E-state index >= 15 is 0 Å². The Labute approximate surface area is 153 Å². The first kappa shape index (κ1) is 15.4. The van der Waals surface area contributed by atoms with Crippen LogP contribution in [0.25, 0.3) is 11.5 Å². The number of aromatic nitrogens is 8. The zero-order chi connectivity index (χ0) is 17.5. The number of fused-ring (bicyclic) bond motifs is 1. The summed E-state index contributed by atoms with van der Waals surface area (Å²) in [5.41, 5.74) is 0.762. The van der Waals surface area contributed by atoms with E-state index in [2.05, 4.69) is 30.4 Å². The van der Waals surface area contributed by atoms with Crippen molar-refractivity contribution in [1.82, 2.24) is 39.8 Å². The van der Waals surface area contributed by atoms with Crippen molar-refractivity contribution >= 4 is 22.1 Å². The number of hydrogen-bond acceptors (Lipinski definition) is 8. The Morgan fingerprint density at radius 3 is 2.69 bits per heavy atom. The van der Waals surface area contributed by atoms with Crippen LogP contribution in [0.3, 0.4) is 0 Å². The van der Waals surface area contributed by atoms with E-state index in [4.69, 9.17) is 5.10 Å². The van der Waals surface area contributed by atoms with E-state index in [0.717, 1.165) is 53.4 Å². The average molecular weight is 367 g/mol. The smallest absolute Gasteiger partial charge is 0.208 e. The van der Waals surface area contributed by atoms with Crippen LogP contribution < -0.4 is 4.90 Å². The van der Waals surface area contributed by atoms with Crippen molar-refractivity contribution in [3.63, 3.8) is 0 Å². The maximum atomic E-state index is 4.69. The molecule has 0 amide bonds. The number of anilines is 1. The van der Waals surface area contributed by atoms with E-state index in [1.165, 1.54) is 0 Å². The molecule has 0 atom stereocenters. The van der Waals surface area contributed by atoms with E-state index in [9.17, 15) is 0 Å². The van der Waals surface area contributed by atoms with E-state index in [0.29, 0.717) is 5.92 Å². The van der Waals surface area contributed by atoms with Gasteiger partial charge in [-0.3, -0.25) is 0 Å². The molecule has 0 radical (unpaired) electrons. The minimum atomic E-state index is 0.329. The van der Waals surface area contributed by atoms with Gasteiger partial charge >= 0.3 is 0 Å². The van der Waals surface area contributed by atoms with Crippen LogP contribution in [0.15, 0.2) is 30.6 Å². The predicted octanol–water partition coefficient (Wildman–Crippen LogP) is 1.85. The van der Waals surface area contributed by atoms with Crippen LogP contribution in [0.5, 0.6) is 0 Å². The minimum Gasteiger partial charge on any atom is -0.347 e. The summed E-state index contributed by atoms with van der Waals surface area (Å²) in [4.78, 5) is 2.30. The largest absolute Gasteiger partial charge is 0.347 e. The summed E-state index contributed by atoms with van der Waals surface area (Å²) in [5, 5.41) is 28.0. The Kier molecular flexibility index (Phi) is 3.63. The fraction of sp³-hybridized carbons (Fsp3) is 0.375. The van der Waals surface area contributed by atoms with Gasteiger partial charge < -0.3 is 4.90 Å². The molecule has 26 heavy (non-hydrogen) atoms. The van der Waals surface area contributed by atoms with Crippen LogP contribution in [-0.2, 0) is 0 Å². The fourth-order valence-electron chi connectivity index (χ4n) is 3.32. The Bertz CT molecular complexity index is 1030. The lowest BCUT2D eigenvalue weighted by molar-refractivity contribution is 0.476. The molecule has 0 spiro atoms. The van der Waals surface area contributed by atoms with Gasteiger partial charge in [-0.25, -0.2) is 4.68 Å². The number of hydrogen-bond donors (Lipinski definition) is 0. The number of nitrogens with zero attached hydrogens (tertiary/aromatic N) is 9. The van der Waals surface area contributed by atoms with Crippen LogP contribution in [0.2, 0.25) is 0 Å². The maximum Gasteiger partial charge on any atom is 0.208 e. The normalized spacial score (nSPS) is 15.8. The average Bonchev–Trinajstić information content (AvgIpc) is 3.42. The van der Waals surface area contributed by atoms with Crippen molar-refractivity contribution in [3.8, 4) is 5.82 Å². The number of rotatable bonds is 3. The molecule has 0 N–H and O–H groups in total. The molecule has 1 saturated heterocycles. The van der Waals surface area contributed by atoms with E-state index in [1.807, 2.05) is 35.8 Å². The highest BCUT2D eigenvalue weighted by molar-refractivity contribution is 7.15. The molecule has 5 rings (SSSR count). The first-order valence-corrected chi connectivity index (χ1v) is 9.37. The van der Waals surface area contributed by atoms with Gasteiger partial charge in [0, 0.05) is 31.4 Å². The third-order valence-corrected chi connectivity index (χ3v) is 5.56. The van der Waals surface area contributed by atoms with E-state index in [-0.39, 0.29) is 0 Å². The molecule has 132 valence electrons. The Hall–Kier alpha value is -2.88. The Morgan fingerprint density at radius 2 is 1.96 bits per heavy atom. The zero-order valence-corrected chi connectivity index (χ0v) is 15.0. The quantitative estimate of drug-likeness (QED) is 0.546. The van der Waals surface area contributed by atoms with E-state index < -0.39 is 0 Å². The topological polar surface area (TPSA) is 89.9 Å². The Morgan fingerprint density at radius 1 is 1.08 bits per heavy atom. The second-order valence-corrected chi connectivity index (χ2v) is 7.50. The van der Waals surface area contributed by atoms with Crippen molar-refractivity contribution < 1.29 is 0 Å². The standard InChI is InChI=1S/C16H17N9S/c1-11-18-21-16(26-11)23-9-5-12(6-10-23)15-20-19-13-3-4-14(22-25(13)15)24-8-2-7-17-24/h2-4,7-8,12H,5-6,9-10H2,1H3. The summed E-state index contributed by atoms with van der Waals surface area (Å²) in [7, 11) is 0. The molecule has 0 unspecified atom stereocenters. The summed E-state index contributed by atoms with van der Waals surface area (Å²) < 4.78 is 3.59. The lowest BCUT2D eigenvalue weighted by Crippen LogP contribution is -2.33. The van der Waals surface area contributed by atoms with Gasteiger partial charge in [-0.05, 0) is 38.0 Å². The van der Waals surface area contributed by atoms with Gasteiger partial charge in [0.1, 0.15) is 5.01 Å². The molecular weight excluding hydrogens is 350 g/mol. The van der Waals surface area contributed by atoms with Crippen LogP contribution in [0.4, 0.5) is 5.13 Å². The molecule has 4 aromatic heterocycles. The highest BCUT2D eigenvalue weighted by Gasteiger charge is 2.26. The van der Waals surface area contributed by atoms with E-state index in [1.54, 1.807) is 22.2 Å². The lowest BCUT2D eigenvalue weighted by Gasteiger charge is -2.30. The summed E-state index contributed by atoms with van der Waals surface area (Å²) >= 11 is 1.64. The van der Waals surface area contributed by atoms with Crippen LogP contribution in [-0.4, -0.2) is 52.9 Å². The molecule has 1 aliphatic heterocycles. The fourth-order valence-corrected chi connectivity index (χ4v) is 4.06. The first-order valence-electron chi connectivity index (χ1n) is 8.55. The molecule has 9 nitrogen and oxygen atoms in total. The summed E-state index contributed by atoms with van der Waals surface area (Å²) in [6.07, 6.45) is 5.60. The van der Waals surface area contributed by atoms with Crippen LogP contribution in [0, 0.1) is 6.92 Å². The molecule has 0 aromatic carbocycles. The molecule has 5 heterocycles. The van der Waals surface area contributed by atoms with Crippen LogP contribution >= 0.6 is 11.3 Å². The third-order valence-electron chi connectivity index (χ3n) is 4.66. The first-order chi connectivity index (χ1) is 12.8. The highest BCUT2D eigenvalue weighted by Crippen LogP contribution is 2.30.